The second-order valence-electron chi connectivity index (χ2n) is 5.99. The van der Waals surface area contributed by atoms with E-state index in [1.165, 1.54) is 17.5 Å². The number of nitrogens with zero attached hydrogens (tertiary/aromatic N) is 3. The van der Waals surface area contributed by atoms with Crippen molar-refractivity contribution >= 4 is 29.0 Å². The first-order valence-corrected chi connectivity index (χ1v) is 9.47. The van der Waals surface area contributed by atoms with Crippen molar-refractivity contribution in [3.05, 3.63) is 64.5 Å². The molecule has 2 amide bonds. The Morgan fingerprint density at radius 1 is 1.07 bits per heavy atom. The third-order valence-electron chi connectivity index (χ3n) is 4.28. The molecule has 7 nitrogen and oxygen atoms in total. The average molecular weight is 382 g/mol. The molecule has 0 radical (unpaired) electrons. The number of anilines is 1. The van der Waals surface area contributed by atoms with E-state index in [2.05, 4.69) is 10.4 Å². The van der Waals surface area contributed by atoms with Crippen molar-refractivity contribution < 1.29 is 14.3 Å². The Morgan fingerprint density at radius 2 is 1.85 bits per heavy atom. The third kappa shape index (κ3) is 3.62. The van der Waals surface area contributed by atoms with Gasteiger partial charge in [0.1, 0.15) is 11.4 Å². The van der Waals surface area contributed by atoms with Crippen molar-refractivity contribution in [3.63, 3.8) is 0 Å². The largest absolute Gasteiger partial charge is 0.378 e. The number of rotatable bonds is 4. The molecular weight excluding hydrogens is 364 g/mol. The van der Waals surface area contributed by atoms with Crippen molar-refractivity contribution in [1.82, 2.24) is 14.7 Å². The van der Waals surface area contributed by atoms with Gasteiger partial charge < -0.3 is 15.0 Å². The zero-order valence-corrected chi connectivity index (χ0v) is 15.3. The van der Waals surface area contributed by atoms with Crippen LogP contribution in [0.1, 0.15) is 20.0 Å². The van der Waals surface area contributed by atoms with Crippen LogP contribution in [0.5, 0.6) is 0 Å². The molecule has 0 aliphatic carbocycles. The Balaban J connectivity index is 1.71. The molecule has 3 heterocycles. The summed E-state index contributed by atoms with van der Waals surface area (Å²) < 4.78 is 6.90. The molecule has 138 valence electrons. The van der Waals surface area contributed by atoms with Gasteiger partial charge in [0.25, 0.3) is 11.8 Å². The Labute approximate surface area is 160 Å². The fraction of sp³-hybridized carbons (Fsp3) is 0.211. The smallest absolute Gasteiger partial charge is 0.266 e. The number of benzene rings is 1. The minimum absolute atomic E-state index is 0.165. The Kier molecular flexibility index (Phi) is 4.99. The van der Waals surface area contributed by atoms with Gasteiger partial charge in [0.15, 0.2) is 0 Å². The average Bonchev–Trinajstić information content (AvgIpc) is 3.39. The van der Waals surface area contributed by atoms with Gasteiger partial charge in [0.05, 0.1) is 30.0 Å². The van der Waals surface area contributed by atoms with Crippen LogP contribution in [-0.2, 0) is 4.74 Å². The lowest BCUT2D eigenvalue weighted by Crippen LogP contribution is -2.40. The summed E-state index contributed by atoms with van der Waals surface area (Å²) in [5.74, 6) is -0.0586. The number of para-hydroxylation sites is 1. The van der Waals surface area contributed by atoms with Gasteiger partial charge in [-0.25, -0.2) is 4.68 Å². The maximum atomic E-state index is 13.0. The molecular formula is C19H18N4O3S. The van der Waals surface area contributed by atoms with Gasteiger partial charge in [0, 0.05) is 13.1 Å². The molecule has 1 N–H and O–H groups in total. The summed E-state index contributed by atoms with van der Waals surface area (Å²) in [7, 11) is 0. The molecule has 1 aliphatic rings. The van der Waals surface area contributed by atoms with Crippen molar-refractivity contribution in [2.75, 3.05) is 31.6 Å². The van der Waals surface area contributed by atoms with Crippen molar-refractivity contribution in [2.45, 2.75) is 0 Å². The van der Waals surface area contributed by atoms with Crippen LogP contribution in [0.15, 0.2) is 54.0 Å². The number of ether oxygens (including phenoxy) is 1. The predicted octanol–water partition coefficient (Wildman–Crippen LogP) is 2.66. The topological polar surface area (TPSA) is 76.5 Å². The Bertz CT molecular complexity index is 931. The van der Waals surface area contributed by atoms with Crippen molar-refractivity contribution in [2.24, 2.45) is 0 Å². The normalized spacial score (nSPS) is 14.1. The summed E-state index contributed by atoms with van der Waals surface area (Å²) >= 11 is 1.34. The van der Waals surface area contributed by atoms with Crippen LogP contribution in [0, 0.1) is 0 Å². The van der Waals surface area contributed by atoms with Crippen LogP contribution in [0.25, 0.3) is 5.69 Å². The third-order valence-corrected chi connectivity index (χ3v) is 5.14. The Hall–Kier alpha value is -2.97. The fourth-order valence-electron chi connectivity index (χ4n) is 2.90. The maximum Gasteiger partial charge on any atom is 0.266 e. The van der Waals surface area contributed by atoms with Gasteiger partial charge in [-0.15, -0.1) is 11.3 Å². The highest BCUT2D eigenvalue weighted by Crippen LogP contribution is 2.23. The quantitative estimate of drug-likeness (QED) is 0.753. The van der Waals surface area contributed by atoms with Crippen LogP contribution in [-0.4, -0.2) is 52.8 Å². The SMILES string of the molecule is O=C(Nc1c(C(=O)N2CCOCC2)cnn1-c1ccccc1)c1cccs1. The van der Waals surface area contributed by atoms with Crippen LogP contribution in [0.4, 0.5) is 5.82 Å². The number of hydrogen-bond acceptors (Lipinski definition) is 5. The van der Waals surface area contributed by atoms with Crippen LogP contribution in [0.2, 0.25) is 0 Å². The summed E-state index contributed by atoms with van der Waals surface area (Å²) in [6, 6.07) is 13.0. The molecule has 0 saturated carbocycles. The van der Waals surface area contributed by atoms with E-state index in [0.717, 1.165) is 5.69 Å². The summed E-state index contributed by atoms with van der Waals surface area (Å²) in [5, 5.41) is 9.07. The molecule has 27 heavy (non-hydrogen) atoms. The van der Waals surface area contributed by atoms with Gasteiger partial charge in [-0.2, -0.15) is 5.10 Å². The Morgan fingerprint density at radius 3 is 2.56 bits per heavy atom. The first-order chi connectivity index (χ1) is 13.2. The number of carbonyl (C=O) groups excluding carboxylic acids is 2. The molecule has 4 rings (SSSR count). The first kappa shape index (κ1) is 17.4. The number of hydrogen-bond donors (Lipinski definition) is 1. The molecule has 0 unspecified atom stereocenters. The van der Waals surface area contributed by atoms with Crippen LogP contribution in [0.3, 0.4) is 0 Å². The minimum Gasteiger partial charge on any atom is -0.378 e. The van der Waals surface area contributed by atoms with E-state index >= 15 is 0 Å². The molecule has 0 spiro atoms. The lowest BCUT2D eigenvalue weighted by atomic mass is 10.2. The molecule has 2 aromatic heterocycles. The lowest BCUT2D eigenvalue weighted by molar-refractivity contribution is 0.0303. The first-order valence-electron chi connectivity index (χ1n) is 8.59. The van der Waals surface area contributed by atoms with E-state index in [-0.39, 0.29) is 11.8 Å². The van der Waals surface area contributed by atoms with E-state index in [4.69, 9.17) is 4.74 Å². The number of amides is 2. The number of thiophene rings is 1. The zero-order chi connectivity index (χ0) is 18.6. The van der Waals surface area contributed by atoms with Gasteiger partial charge >= 0.3 is 0 Å². The molecule has 1 fully saturated rings. The number of aromatic nitrogens is 2. The van der Waals surface area contributed by atoms with E-state index in [1.54, 1.807) is 15.6 Å². The van der Waals surface area contributed by atoms with Crippen LogP contribution >= 0.6 is 11.3 Å². The highest BCUT2D eigenvalue weighted by Gasteiger charge is 2.26. The van der Waals surface area contributed by atoms with Gasteiger partial charge in [-0.3, -0.25) is 9.59 Å². The van der Waals surface area contributed by atoms with Crippen molar-refractivity contribution in [1.29, 1.82) is 0 Å². The maximum absolute atomic E-state index is 13.0. The highest BCUT2D eigenvalue weighted by molar-refractivity contribution is 7.12. The number of nitrogens with one attached hydrogen (secondary N) is 1. The molecule has 1 aromatic carbocycles. The molecule has 8 heteroatoms. The van der Waals surface area contributed by atoms with E-state index in [9.17, 15) is 9.59 Å². The molecule has 0 atom stereocenters. The summed E-state index contributed by atoms with van der Waals surface area (Å²) in [5.41, 5.74) is 1.13. The van der Waals surface area contributed by atoms with Crippen molar-refractivity contribution in [3.8, 4) is 5.69 Å². The van der Waals surface area contributed by atoms with Gasteiger partial charge in [-0.1, -0.05) is 24.3 Å². The molecule has 1 saturated heterocycles. The minimum atomic E-state index is -0.265. The summed E-state index contributed by atoms with van der Waals surface area (Å²) in [6.07, 6.45) is 1.51. The summed E-state index contributed by atoms with van der Waals surface area (Å²) in [4.78, 5) is 27.9. The molecule has 3 aromatic rings. The standard InChI is InChI=1S/C19H18N4O3S/c24-18(16-7-4-12-27-16)21-17-15(19(25)22-8-10-26-11-9-22)13-20-23(17)14-5-2-1-3-6-14/h1-7,12-13H,8-11H2,(H,21,24). The zero-order valence-electron chi connectivity index (χ0n) is 14.5. The second kappa shape index (κ2) is 7.73. The van der Waals surface area contributed by atoms with E-state index in [0.29, 0.717) is 42.6 Å². The van der Waals surface area contributed by atoms with Gasteiger partial charge in [-0.05, 0) is 23.6 Å². The predicted molar refractivity (Wildman–Crippen MR) is 103 cm³/mol. The second-order valence-corrected chi connectivity index (χ2v) is 6.94. The van der Waals surface area contributed by atoms with E-state index in [1.807, 2.05) is 41.8 Å². The van der Waals surface area contributed by atoms with Crippen LogP contribution < -0.4 is 5.32 Å². The van der Waals surface area contributed by atoms with E-state index < -0.39 is 0 Å². The van der Waals surface area contributed by atoms with Gasteiger partial charge in [0.2, 0.25) is 0 Å². The number of carbonyl (C=O) groups is 2. The monoisotopic (exact) mass is 382 g/mol. The fourth-order valence-corrected chi connectivity index (χ4v) is 3.52. The molecule has 0 bridgehead atoms. The number of morpholine rings is 1. The highest BCUT2D eigenvalue weighted by atomic mass is 32.1. The molecule has 1 aliphatic heterocycles. The lowest BCUT2D eigenvalue weighted by Gasteiger charge is -2.26. The summed E-state index contributed by atoms with van der Waals surface area (Å²) in [6.45, 7) is 2.06.